The van der Waals surface area contributed by atoms with Crippen LogP contribution < -0.4 is 21.5 Å². The summed E-state index contributed by atoms with van der Waals surface area (Å²) in [5.74, 6) is 5.17. The molecule has 8 heteroatoms. The zero-order valence-electron chi connectivity index (χ0n) is 18.1. The van der Waals surface area contributed by atoms with E-state index in [-0.39, 0.29) is 39.1 Å². The molecule has 1 aliphatic rings. The summed E-state index contributed by atoms with van der Waals surface area (Å²) in [6.45, 7) is 3.87. The fourth-order valence-corrected chi connectivity index (χ4v) is 4.26. The number of anilines is 3. The number of aromatic hydroxyl groups is 1. The molecule has 2 aromatic carbocycles. The lowest BCUT2D eigenvalue weighted by atomic mass is 9.80. The van der Waals surface area contributed by atoms with Crippen LogP contribution in [0.15, 0.2) is 21.7 Å². The van der Waals surface area contributed by atoms with E-state index in [1.807, 2.05) is 0 Å². The smallest absolute Gasteiger partial charge is 0.258 e. The lowest BCUT2D eigenvalue weighted by Gasteiger charge is -2.32. The van der Waals surface area contributed by atoms with Gasteiger partial charge in [-0.15, -0.1) is 5.92 Å². The molecule has 0 bridgehead atoms. The number of carbonyl (C=O) groups excluding carboxylic acids is 1. The summed E-state index contributed by atoms with van der Waals surface area (Å²) < 4.78 is 0. The highest BCUT2D eigenvalue weighted by Crippen LogP contribution is 2.42. The van der Waals surface area contributed by atoms with E-state index in [0.29, 0.717) is 0 Å². The van der Waals surface area contributed by atoms with E-state index in [0.717, 1.165) is 25.7 Å². The predicted molar refractivity (Wildman–Crippen MR) is 123 cm³/mol. The highest BCUT2D eigenvalue weighted by Gasteiger charge is 2.38. The van der Waals surface area contributed by atoms with Crippen LogP contribution in [0.4, 0.5) is 17.1 Å². The lowest BCUT2D eigenvalue weighted by Crippen LogP contribution is -2.43. The monoisotopic (exact) mass is 443 g/mol. The third kappa shape index (κ3) is 4.13. The number of nitrogens with one attached hydrogen (secondary N) is 2. The third-order valence-corrected chi connectivity index (χ3v) is 6.25. The fraction of sp³-hybridized carbons (Fsp3) is 0.435. The maximum atomic E-state index is 12.4. The Morgan fingerprint density at radius 1 is 1.19 bits per heavy atom. The van der Waals surface area contributed by atoms with E-state index in [1.54, 1.807) is 6.92 Å². The first kappa shape index (κ1) is 22.7. The summed E-state index contributed by atoms with van der Waals surface area (Å²) in [6.07, 6.45) is 4.15. The molecule has 1 atom stereocenters. The second-order valence-electron chi connectivity index (χ2n) is 8.38. The summed E-state index contributed by atoms with van der Waals surface area (Å²) >= 11 is 6.10. The quantitative estimate of drug-likeness (QED) is 0.359. The first-order valence-electron chi connectivity index (χ1n) is 10.1. The molecule has 7 nitrogen and oxygen atoms in total. The van der Waals surface area contributed by atoms with E-state index in [9.17, 15) is 19.5 Å². The number of amides is 1. The largest absolute Gasteiger partial charge is 0.505 e. The van der Waals surface area contributed by atoms with E-state index in [1.165, 1.54) is 31.1 Å². The predicted octanol–water partition coefficient (Wildman–Crippen LogP) is 3.47. The molecule has 2 aromatic rings. The van der Waals surface area contributed by atoms with Crippen molar-refractivity contribution in [2.75, 3.05) is 24.7 Å². The molecule has 0 radical (unpaired) electrons. The number of phenols is 1. The van der Waals surface area contributed by atoms with Gasteiger partial charge in [0.1, 0.15) is 16.9 Å². The van der Waals surface area contributed by atoms with Crippen molar-refractivity contribution in [3.05, 3.63) is 43.2 Å². The van der Waals surface area contributed by atoms with Crippen LogP contribution in [0.1, 0.15) is 49.9 Å². The average molecular weight is 444 g/mol. The SMILES string of the molecule is CC#C[C@H](Nc1c(Nc2ccc(Cl)c(C(=O)N(C)C)c2O)c(=O)c1=O)C1(C)CCCC1. The van der Waals surface area contributed by atoms with Crippen molar-refractivity contribution in [2.45, 2.75) is 45.6 Å². The van der Waals surface area contributed by atoms with Gasteiger partial charge in [-0.25, -0.2) is 0 Å². The molecule has 3 rings (SSSR count). The molecular formula is C23H26ClN3O4. The van der Waals surface area contributed by atoms with E-state index < -0.39 is 22.5 Å². The van der Waals surface area contributed by atoms with Gasteiger partial charge in [0, 0.05) is 14.1 Å². The molecule has 1 fully saturated rings. The standard InChI is InChI=1S/C23H26ClN3O4/c1-5-8-15(23(2)11-6-7-12-23)26-18-17(20(29)21(18)30)25-14-10-9-13(24)16(19(14)28)22(31)27(3)4/h9-10,15,25-26,28H,6-7,11-12H2,1-4H3/t15-/m0/s1. The van der Waals surface area contributed by atoms with Crippen LogP contribution in [0.3, 0.4) is 0 Å². The van der Waals surface area contributed by atoms with Crippen molar-refractivity contribution in [3.8, 4) is 17.6 Å². The van der Waals surface area contributed by atoms with Crippen LogP contribution in [-0.4, -0.2) is 36.1 Å². The Balaban J connectivity index is 1.95. The van der Waals surface area contributed by atoms with Gasteiger partial charge in [0.05, 0.1) is 16.8 Å². The van der Waals surface area contributed by atoms with Gasteiger partial charge in [0.2, 0.25) is 0 Å². The molecule has 1 saturated carbocycles. The third-order valence-electron chi connectivity index (χ3n) is 5.94. The molecule has 0 spiro atoms. The number of halogens is 1. The minimum Gasteiger partial charge on any atom is -0.505 e. The van der Waals surface area contributed by atoms with Gasteiger partial charge < -0.3 is 20.6 Å². The Morgan fingerprint density at radius 2 is 1.81 bits per heavy atom. The minimum absolute atomic E-state index is 0.0374. The van der Waals surface area contributed by atoms with Gasteiger partial charge in [0.15, 0.2) is 5.75 Å². The Kier molecular flexibility index (Phi) is 6.33. The molecule has 3 N–H and O–H groups in total. The first-order chi connectivity index (χ1) is 14.6. The van der Waals surface area contributed by atoms with Crippen molar-refractivity contribution in [1.29, 1.82) is 0 Å². The van der Waals surface area contributed by atoms with Crippen LogP contribution in [0.5, 0.6) is 5.75 Å². The van der Waals surface area contributed by atoms with Gasteiger partial charge >= 0.3 is 0 Å². The highest BCUT2D eigenvalue weighted by atomic mass is 35.5. The summed E-state index contributed by atoms with van der Waals surface area (Å²) in [6, 6.07) is 2.62. The maximum absolute atomic E-state index is 12.4. The molecule has 1 amide bonds. The summed E-state index contributed by atoms with van der Waals surface area (Å²) in [4.78, 5) is 38.3. The molecule has 0 saturated heterocycles. The number of carbonyl (C=O) groups is 1. The molecule has 31 heavy (non-hydrogen) atoms. The van der Waals surface area contributed by atoms with Crippen LogP contribution in [-0.2, 0) is 0 Å². The normalized spacial score (nSPS) is 15.8. The van der Waals surface area contributed by atoms with Crippen molar-refractivity contribution < 1.29 is 9.90 Å². The molecule has 1 aliphatic carbocycles. The molecule has 0 heterocycles. The minimum atomic E-state index is -0.697. The highest BCUT2D eigenvalue weighted by molar-refractivity contribution is 6.34. The van der Waals surface area contributed by atoms with Crippen LogP contribution in [0.2, 0.25) is 5.02 Å². The van der Waals surface area contributed by atoms with E-state index >= 15 is 0 Å². The first-order valence-corrected chi connectivity index (χ1v) is 10.5. The van der Waals surface area contributed by atoms with Gasteiger partial charge in [-0.1, -0.05) is 37.3 Å². The number of hydrogen-bond donors (Lipinski definition) is 3. The van der Waals surface area contributed by atoms with Gasteiger partial charge in [-0.3, -0.25) is 14.4 Å². The number of rotatable bonds is 6. The van der Waals surface area contributed by atoms with Crippen molar-refractivity contribution >= 4 is 34.6 Å². The molecule has 164 valence electrons. The molecule has 0 aromatic heterocycles. The zero-order chi connectivity index (χ0) is 22.9. The van der Waals surface area contributed by atoms with E-state index in [4.69, 9.17) is 11.6 Å². The van der Waals surface area contributed by atoms with Crippen molar-refractivity contribution in [1.82, 2.24) is 4.90 Å². The molecule has 0 unspecified atom stereocenters. The van der Waals surface area contributed by atoms with Crippen molar-refractivity contribution in [2.24, 2.45) is 5.41 Å². The van der Waals surface area contributed by atoms with Crippen LogP contribution >= 0.6 is 11.6 Å². The van der Waals surface area contributed by atoms with Gasteiger partial charge in [-0.05, 0) is 37.3 Å². The van der Waals surface area contributed by atoms with Gasteiger partial charge in [-0.2, -0.15) is 0 Å². The molecule has 0 aliphatic heterocycles. The molecular weight excluding hydrogens is 418 g/mol. The second-order valence-corrected chi connectivity index (χ2v) is 8.79. The summed E-state index contributed by atoms with van der Waals surface area (Å²) in [5, 5.41) is 16.7. The number of hydrogen-bond acceptors (Lipinski definition) is 6. The zero-order valence-corrected chi connectivity index (χ0v) is 18.8. The lowest BCUT2D eigenvalue weighted by molar-refractivity contribution is 0.0825. The number of phenolic OH excluding ortho intramolecular Hbond substituents is 1. The van der Waals surface area contributed by atoms with Gasteiger partial charge in [0.25, 0.3) is 16.8 Å². The number of benzene rings is 1. The fourth-order valence-electron chi connectivity index (χ4n) is 4.02. The Hall–Kier alpha value is -2.98. The Morgan fingerprint density at radius 3 is 2.39 bits per heavy atom. The topological polar surface area (TPSA) is 98.7 Å². The number of nitrogens with zero attached hydrogens (tertiary/aromatic N) is 1. The maximum Gasteiger partial charge on any atom is 0.258 e. The Labute approximate surface area is 186 Å². The van der Waals surface area contributed by atoms with Crippen LogP contribution in [0.25, 0.3) is 0 Å². The van der Waals surface area contributed by atoms with Crippen molar-refractivity contribution in [3.63, 3.8) is 0 Å². The summed E-state index contributed by atoms with van der Waals surface area (Å²) in [7, 11) is 3.07. The average Bonchev–Trinajstić information content (AvgIpc) is 3.18. The van der Waals surface area contributed by atoms with E-state index in [2.05, 4.69) is 29.4 Å². The Bertz CT molecular complexity index is 1150. The second kappa shape index (κ2) is 8.64. The summed E-state index contributed by atoms with van der Waals surface area (Å²) in [5.41, 5.74) is -1.24. The van der Waals surface area contributed by atoms with Crippen LogP contribution in [0, 0.1) is 17.3 Å².